The predicted octanol–water partition coefficient (Wildman–Crippen LogP) is 0.455. The third-order valence-electron chi connectivity index (χ3n) is 1.85. The molecule has 0 heterocycles. The number of hydrogen-bond donors (Lipinski definition) is 2. The van der Waals surface area contributed by atoms with Crippen molar-refractivity contribution < 1.29 is 28.1 Å². The summed E-state index contributed by atoms with van der Waals surface area (Å²) >= 11 is 0. The maximum absolute atomic E-state index is 11.3. The molecule has 0 aliphatic rings. The van der Waals surface area contributed by atoms with E-state index in [9.17, 15) is 9.46 Å². The lowest BCUT2D eigenvalue weighted by Gasteiger charge is -2.24. The Bertz CT molecular complexity index is 241. The summed E-state index contributed by atoms with van der Waals surface area (Å²) in [7, 11) is 1.91. The Morgan fingerprint density at radius 1 is 1.31 bits per heavy atom. The third kappa shape index (κ3) is 9.27. The number of aliphatic hydroxyl groups is 1. The quantitative estimate of drug-likeness (QED) is 0.487. The van der Waals surface area contributed by atoms with E-state index in [1.54, 1.807) is 6.92 Å². The molecular weight excluding hydrogens is 233 g/mol. The molecule has 0 aliphatic carbocycles. The molecule has 0 aromatic heterocycles. The first-order chi connectivity index (χ1) is 7.16. The van der Waals surface area contributed by atoms with E-state index < -0.39 is 7.82 Å². The summed E-state index contributed by atoms with van der Waals surface area (Å²) in [5.74, 6) is -0.178. The van der Waals surface area contributed by atoms with Crippen LogP contribution in [0.1, 0.15) is 6.92 Å². The van der Waals surface area contributed by atoms with Crippen LogP contribution in [0.3, 0.4) is 0 Å². The molecule has 0 rings (SSSR count). The summed E-state index contributed by atoms with van der Waals surface area (Å²) in [6.07, 6.45) is 0. The van der Waals surface area contributed by atoms with Crippen molar-refractivity contribution in [3.8, 4) is 0 Å². The fourth-order valence-electron chi connectivity index (χ4n) is 0.741. The van der Waals surface area contributed by atoms with Crippen LogP contribution in [0, 0.1) is 5.92 Å². The fourth-order valence-corrected chi connectivity index (χ4v) is 1.57. The Hall–Kier alpha value is 0.0300. The summed E-state index contributed by atoms with van der Waals surface area (Å²) in [4.78, 5) is 9.28. The van der Waals surface area contributed by atoms with Gasteiger partial charge in [0.25, 0.3) is 0 Å². The number of quaternary nitrogens is 1. The molecule has 1 unspecified atom stereocenters. The van der Waals surface area contributed by atoms with Gasteiger partial charge in [-0.25, -0.2) is 4.57 Å². The lowest BCUT2D eigenvalue weighted by atomic mass is 10.2. The molecule has 6 nitrogen and oxygen atoms in total. The molecular formula is C9H23NO5P+. The number of phosphoric ester groups is 1. The molecule has 0 saturated heterocycles. The van der Waals surface area contributed by atoms with Crippen molar-refractivity contribution in [2.45, 2.75) is 6.92 Å². The number of phosphoric acid groups is 1. The van der Waals surface area contributed by atoms with E-state index >= 15 is 0 Å². The number of aliphatic hydroxyl groups excluding tert-OH is 1. The second-order valence-electron chi connectivity index (χ2n) is 4.90. The molecule has 0 aromatic carbocycles. The highest BCUT2D eigenvalue weighted by Gasteiger charge is 2.23. The van der Waals surface area contributed by atoms with Crippen molar-refractivity contribution in [1.29, 1.82) is 0 Å². The smallest absolute Gasteiger partial charge is 0.396 e. The van der Waals surface area contributed by atoms with Gasteiger partial charge in [0.15, 0.2) is 0 Å². The molecule has 0 aromatic rings. The van der Waals surface area contributed by atoms with E-state index in [4.69, 9.17) is 14.2 Å². The van der Waals surface area contributed by atoms with Crippen LogP contribution >= 0.6 is 7.82 Å². The molecule has 0 fully saturated rings. The van der Waals surface area contributed by atoms with Gasteiger partial charge in [0, 0.05) is 12.5 Å². The van der Waals surface area contributed by atoms with E-state index in [2.05, 4.69) is 0 Å². The van der Waals surface area contributed by atoms with E-state index in [1.165, 1.54) is 0 Å². The van der Waals surface area contributed by atoms with Crippen LogP contribution in [-0.4, -0.2) is 62.0 Å². The standard InChI is InChI=1S/C9H22NO5P/c1-9(7-11)8-15-16(12,13)14-6-5-10(2,3)4/h9,11H,5-8H2,1-4H3/p+1/t9-/m0/s1. The number of likely N-dealkylation sites (N-methyl/N-ethyl adjacent to an activating group) is 1. The fraction of sp³-hybridized carbons (Fsp3) is 1.00. The zero-order valence-electron chi connectivity index (χ0n) is 10.4. The van der Waals surface area contributed by atoms with Gasteiger partial charge in [-0.05, 0) is 0 Å². The van der Waals surface area contributed by atoms with E-state index in [0.717, 1.165) is 0 Å². The molecule has 2 N–H and O–H groups in total. The predicted molar refractivity (Wildman–Crippen MR) is 60.9 cm³/mol. The van der Waals surface area contributed by atoms with Crippen LogP contribution in [0.5, 0.6) is 0 Å². The SMILES string of the molecule is C[C@@H](CO)COP(=O)(O)OCC[N+](C)(C)C. The summed E-state index contributed by atoms with van der Waals surface area (Å²) in [5.41, 5.74) is 0. The Morgan fingerprint density at radius 2 is 1.88 bits per heavy atom. The first-order valence-electron chi connectivity index (χ1n) is 5.19. The minimum Gasteiger partial charge on any atom is -0.396 e. The maximum atomic E-state index is 11.3. The van der Waals surface area contributed by atoms with E-state index in [0.29, 0.717) is 11.0 Å². The maximum Gasteiger partial charge on any atom is 0.472 e. The van der Waals surface area contributed by atoms with Crippen molar-refractivity contribution in [2.24, 2.45) is 5.92 Å². The highest BCUT2D eigenvalue weighted by Crippen LogP contribution is 2.43. The van der Waals surface area contributed by atoms with Crippen LogP contribution in [0.4, 0.5) is 0 Å². The van der Waals surface area contributed by atoms with Gasteiger partial charge in [0.05, 0.1) is 27.7 Å². The highest BCUT2D eigenvalue weighted by molar-refractivity contribution is 7.47. The Morgan fingerprint density at radius 3 is 2.31 bits per heavy atom. The van der Waals surface area contributed by atoms with Gasteiger partial charge in [0.1, 0.15) is 13.2 Å². The van der Waals surface area contributed by atoms with Gasteiger partial charge >= 0.3 is 7.82 Å². The van der Waals surface area contributed by atoms with Gasteiger partial charge in [-0.3, -0.25) is 9.05 Å². The molecule has 0 amide bonds. The zero-order chi connectivity index (χ0) is 12.8. The topological polar surface area (TPSA) is 76.0 Å². The lowest BCUT2D eigenvalue weighted by molar-refractivity contribution is -0.870. The zero-order valence-corrected chi connectivity index (χ0v) is 11.3. The second kappa shape index (κ2) is 6.69. The Kier molecular flexibility index (Phi) is 6.70. The Labute approximate surface area is 97.0 Å². The van der Waals surface area contributed by atoms with Gasteiger partial charge in [-0.15, -0.1) is 0 Å². The van der Waals surface area contributed by atoms with E-state index in [1.807, 2.05) is 21.1 Å². The molecule has 98 valence electrons. The summed E-state index contributed by atoms with van der Waals surface area (Å²) in [6.45, 7) is 2.41. The van der Waals surface area contributed by atoms with Crippen LogP contribution in [0.2, 0.25) is 0 Å². The molecule has 7 heteroatoms. The first-order valence-corrected chi connectivity index (χ1v) is 6.69. The minimum absolute atomic E-state index is 0.00858. The number of nitrogens with zero attached hydrogens (tertiary/aromatic N) is 1. The molecule has 0 spiro atoms. The van der Waals surface area contributed by atoms with Gasteiger partial charge in [-0.2, -0.15) is 0 Å². The van der Waals surface area contributed by atoms with Crippen LogP contribution in [0.15, 0.2) is 0 Å². The van der Waals surface area contributed by atoms with Crippen molar-refractivity contribution in [1.82, 2.24) is 0 Å². The third-order valence-corrected chi connectivity index (χ3v) is 2.83. The monoisotopic (exact) mass is 256 g/mol. The molecule has 0 saturated carbocycles. The van der Waals surface area contributed by atoms with Gasteiger partial charge in [0.2, 0.25) is 0 Å². The van der Waals surface area contributed by atoms with Crippen LogP contribution < -0.4 is 0 Å². The second-order valence-corrected chi connectivity index (χ2v) is 6.35. The number of hydrogen-bond acceptors (Lipinski definition) is 4. The largest absolute Gasteiger partial charge is 0.472 e. The number of rotatable bonds is 8. The van der Waals surface area contributed by atoms with Crippen LogP contribution in [-0.2, 0) is 13.6 Å². The average molecular weight is 256 g/mol. The summed E-state index contributed by atoms with van der Waals surface area (Å²) in [6, 6.07) is 0. The Balaban J connectivity index is 3.83. The molecule has 0 radical (unpaired) electrons. The lowest BCUT2D eigenvalue weighted by Crippen LogP contribution is -2.37. The minimum atomic E-state index is -3.97. The molecule has 0 bridgehead atoms. The normalized spacial score (nSPS) is 18.1. The molecule has 16 heavy (non-hydrogen) atoms. The summed E-state index contributed by atoms with van der Waals surface area (Å²) in [5, 5.41) is 8.72. The highest BCUT2D eigenvalue weighted by atomic mass is 31.2. The van der Waals surface area contributed by atoms with Crippen molar-refractivity contribution in [3.05, 3.63) is 0 Å². The average Bonchev–Trinajstić information content (AvgIpc) is 2.12. The van der Waals surface area contributed by atoms with Gasteiger partial charge < -0.3 is 14.5 Å². The molecule has 0 aliphatic heterocycles. The van der Waals surface area contributed by atoms with Crippen molar-refractivity contribution in [3.63, 3.8) is 0 Å². The molecule has 2 atom stereocenters. The van der Waals surface area contributed by atoms with Crippen molar-refractivity contribution >= 4 is 7.82 Å². The summed E-state index contributed by atoms with van der Waals surface area (Å²) < 4.78 is 21.5. The van der Waals surface area contributed by atoms with E-state index in [-0.39, 0.29) is 25.7 Å². The van der Waals surface area contributed by atoms with Crippen LogP contribution in [0.25, 0.3) is 0 Å². The van der Waals surface area contributed by atoms with Gasteiger partial charge in [-0.1, -0.05) is 6.92 Å². The first kappa shape index (κ1) is 16.0. The van der Waals surface area contributed by atoms with Crippen molar-refractivity contribution in [2.75, 3.05) is 47.5 Å².